The molecule has 2 aromatic rings. The number of hydrogen-bond donors (Lipinski definition) is 1. The number of halogens is 1. The summed E-state index contributed by atoms with van der Waals surface area (Å²) in [6, 6.07) is 12.2. The van der Waals surface area contributed by atoms with Crippen molar-refractivity contribution in [2.75, 3.05) is 20.3 Å². The highest BCUT2D eigenvalue weighted by Crippen LogP contribution is 2.17. The first-order valence-corrected chi connectivity index (χ1v) is 10.1. The molecule has 0 aliphatic rings. The van der Waals surface area contributed by atoms with Crippen molar-refractivity contribution >= 4 is 11.8 Å². The average Bonchev–Trinajstić information content (AvgIpc) is 2.77. The largest absolute Gasteiger partial charge is 0.497 e. The molecule has 2 rings (SSSR count). The number of carbonyl (C=O) groups excluding carboxylic acids is 2. The lowest BCUT2D eigenvalue weighted by molar-refractivity contribution is -0.143. The van der Waals surface area contributed by atoms with Gasteiger partial charge in [-0.25, -0.2) is 4.39 Å². The Labute approximate surface area is 177 Å². The van der Waals surface area contributed by atoms with E-state index in [2.05, 4.69) is 5.32 Å². The second-order valence-electron chi connectivity index (χ2n) is 6.83. The zero-order valence-corrected chi connectivity index (χ0v) is 17.7. The summed E-state index contributed by atoms with van der Waals surface area (Å²) >= 11 is 0. The van der Waals surface area contributed by atoms with Gasteiger partial charge in [-0.3, -0.25) is 9.59 Å². The van der Waals surface area contributed by atoms with Crippen LogP contribution in [0.2, 0.25) is 0 Å². The summed E-state index contributed by atoms with van der Waals surface area (Å²) in [7, 11) is 1.59. The molecule has 30 heavy (non-hydrogen) atoms. The van der Waals surface area contributed by atoms with Crippen LogP contribution in [-0.4, -0.2) is 43.0 Å². The number of amides is 2. The molecule has 0 fully saturated rings. The molecular weight excluding hydrogens is 387 g/mol. The van der Waals surface area contributed by atoms with Crippen LogP contribution in [0.1, 0.15) is 32.3 Å². The molecule has 7 heteroatoms. The van der Waals surface area contributed by atoms with Gasteiger partial charge in [-0.2, -0.15) is 0 Å². The van der Waals surface area contributed by atoms with E-state index in [0.29, 0.717) is 24.5 Å². The predicted octanol–water partition coefficient (Wildman–Crippen LogP) is 3.55. The van der Waals surface area contributed by atoms with Crippen LogP contribution in [0.4, 0.5) is 4.39 Å². The van der Waals surface area contributed by atoms with Gasteiger partial charge < -0.3 is 19.7 Å². The Morgan fingerprint density at radius 1 is 1.03 bits per heavy atom. The van der Waals surface area contributed by atoms with E-state index in [0.717, 1.165) is 12.0 Å². The molecule has 6 nitrogen and oxygen atoms in total. The fourth-order valence-corrected chi connectivity index (χ4v) is 2.97. The number of nitrogens with zero attached hydrogens (tertiary/aromatic N) is 1. The third-order valence-electron chi connectivity index (χ3n) is 4.62. The third-order valence-corrected chi connectivity index (χ3v) is 4.62. The molecule has 0 saturated carbocycles. The normalized spacial score (nSPS) is 11.5. The lowest BCUT2D eigenvalue weighted by Gasteiger charge is -2.30. The van der Waals surface area contributed by atoms with Gasteiger partial charge in [0, 0.05) is 13.1 Å². The molecule has 2 aromatic carbocycles. The highest BCUT2D eigenvalue weighted by atomic mass is 19.1. The van der Waals surface area contributed by atoms with Gasteiger partial charge in [-0.15, -0.1) is 0 Å². The molecule has 1 unspecified atom stereocenters. The molecule has 0 heterocycles. The van der Waals surface area contributed by atoms with E-state index < -0.39 is 6.04 Å². The molecule has 0 aliphatic carbocycles. The lowest BCUT2D eigenvalue weighted by Crippen LogP contribution is -2.50. The minimum Gasteiger partial charge on any atom is -0.497 e. The topological polar surface area (TPSA) is 67.9 Å². The number of nitrogens with one attached hydrogen (secondary N) is 1. The van der Waals surface area contributed by atoms with Crippen LogP contribution >= 0.6 is 0 Å². The van der Waals surface area contributed by atoms with Gasteiger partial charge in [-0.1, -0.05) is 26.0 Å². The van der Waals surface area contributed by atoms with Crippen molar-refractivity contribution in [1.82, 2.24) is 10.2 Å². The van der Waals surface area contributed by atoms with Gasteiger partial charge in [-0.05, 0) is 54.8 Å². The Hall–Kier alpha value is -3.09. The van der Waals surface area contributed by atoms with Crippen molar-refractivity contribution < 1.29 is 23.5 Å². The quantitative estimate of drug-likeness (QED) is 0.608. The molecule has 0 aliphatic heterocycles. The minimum absolute atomic E-state index is 0.192. The van der Waals surface area contributed by atoms with Gasteiger partial charge in [0.25, 0.3) is 5.91 Å². The smallest absolute Gasteiger partial charge is 0.261 e. The zero-order chi connectivity index (χ0) is 21.9. The van der Waals surface area contributed by atoms with Crippen molar-refractivity contribution in [3.05, 3.63) is 59.9 Å². The first-order chi connectivity index (χ1) is 14.5. The van der Waals surface area contributed by atoms with E-state index in [1.54, 1.807) is 7.11 Å². The number of methoxy groups -OCH3 is 1. The molecular formula is C23H29FN2O4. The van der Waals surface area contributed by atoms with Gasteiger partial charge in [0.1, 0.15) is 23.4 Å². The second kappa shape index (κ2) is 11.8. The molecule has 2 amide bonds. The van der Waals surface area contributed by atoms with Crippen LogP contribution in [-0.2, 0) is 16.1 Å². The van der Waals surface area contributed by atoms with E-state index >= 15 is 0 Å². The van der Waals surface area contributed by atoms with Crippen LogP contribution in [0.3, 0.4) is 0 Å². The Bertz CT molecular complexity index is 809. The highest BCUT2D eigenvalue weighted by Gasteiger charge is 2.28. The minimum atomic E-state index is -0.622. The van der Waals surface area contributed by atoms with E-state index in [1.807, 2.05) is 38.1 Å². The number of carbonyl (C=O) groups is 2. The third kappa shape index (κ3) is 6.76. The van der Waals surface area contributed by atoms with Crippen molar-refractivity contribution in [2.24, 2.45) is 0 Å². The maximum Gasteiger partial charge on any atom is 0.261 e. The molecule has 0 saturated heterocycles. The van der Waals surface area contributed by atoms with Gasteiger partial charge >= 0.3 is 0 Å². The number of hydrogen-bond acceptors (Lipinski definition) is 4. The Balaban J connectivity index is 2.17. The monoisotopic (exact) mass is 416 g/mol. The van der Waals surface area contributed by atoms with E-state index in [1.165, 1.54) is 29.2 Å². The summed E-state index contributed by atoms with van der Waals surface area (Å²) in [5, 5.41) is 2.87. The average molecular weight is 416 g/mol. The summed E-state index contributed by atoms with van der Waals surface area (Å²) in [4.78, 5) is 27.2. The number of benzene rings is 2. The maximum atomic E-state index is 13.1. The number of ether oxygens (including phenoxy) is 2. The molecule has 0 aromatic heterocycles. The standard InChI is InChI=1S/C23H29FN2O4/c1-4-14-25-23(28)21(5-2)26(15-17-6-10-19(29-3)11-7-17)22(27)16-30-20-12-8-18(24)9-13-20/h6-13,21H,4-5,14-16H2,1-3H3,(H,25,28). The van der Waals surface area contributed by atoms with E-state index in [9.17, 15) is 14.0 Å². The number of rotatable bonds is 11. The fourth-order valence-electron chi connectivity index (χ4n) is 2.97. The van der Waals surface area contributed by atoms with Crippen LogP contribution in [0.15, 0.2) is 48.5 Å². The van der Waals surface area contributed by atoms with E-state index in [4.69, 9.17) is 9.47 Å². The zero-order valence-electron chi connectivity index (χ0n) is 17.7. The molecule has 1 N–H and O–H groups in total. The second-order valence-corrected chi connectivity index (χ2v) is 6.83. The first-order valence-electron chi connectivity index (χ1n) is 10.1. The summed E-state index contributed by atoms with van der Waals surface area (Å²) in [5.74, 6) is 0.201. The van der Waals surface area contributed by atoms with Crippen LogP contribution in [0.25, 0.3) is 0 Å². The SMILES string of the molecule is CCCNC(=O)C(CC)N(Cc1ccc(OC)cc1)C(=O)COc1ccc(F)cc1. The molecule has 0 bridgehead atoms. The highest BCUT2D eigenvalue weighted by molar-refractivity contribution is 5.88. The van der Waals surface area contributed by atoms with Crippen molar-refractivity contribution in [2.45, 2.75) is 39.3 Å². The molecule has 1 atom stereocenters. The van der Waals surface area contributed by atoms with Gasteiger partial charge in [0.05, 0.1) is 7.11 Å². The molecule has 0 radical (unpaired) electrons. The predicted molar refractivity (Wildman–Crippen MR) is 113 cm³/mol. The Morgan fingerprint density at radius 3 is 2.23 bits per heavy atom. The molecule has 162 valence electrons. The summed E-state index contributed by atoms with van der Waals surface area (Å²) in [6.07, 6.45) is 1.27. The Morgan fingerprint density at radius 2 is 1.67 bits per heavy atom. The summed E-state index contributed by atoms with van der Waals surface area (Å²) in [5.41, 5.74) is 0.868. The maximum absolute atomic E-state index is 13.1. The lowest BCUT2D eigenvalue weighted by atomic mass is 10.1. The van der Waals surface area contributed by atoms with Crippen LogP contribution < -0.4 is 14.8 Å². The van der Waals surface area contributed by atoms with Crippen LogP contribution in [0, 0.1) is 5.82 Å². The summed E-state index contributed by atoms with van der Waals surface area (Å²) in [6.45, 7) is 4.39. The van der Waals surface area contributed by atoms with Gasteiger partial charge in [0.15, 0.2) is 6.61 Å². The van der Waals surface area contributed by atoms with Crippen molar-refractivity contribution in [1.29, 1.82) is 0 Å². The van der Waals surface area contributed by atoms with Gasteiger partial charge in [0.2, 0.25) is 5.91 Å². The fraction of sp³-hybridized carbons (Fsp3) is 0.391. The summed E-state index contributed by atoms with van der Waals surface area (Å²) < 4.78 is 23.8. The molecule has 0 spiro atoms. The van der Waals surface area contributed by atoms with Crippen molar-refractivity contribution in [3.8, 4) is 11.5 Å². The first kappa shape index (κ1) is 23.2. The van der Waals surface area contributed by atoms with Crippen molar-refractivity contribution in [3.63, 3.8) is 0 Å². The Kier molecular flexibility index (Phi) is 9.12. The van der Waals surface area contributed by atoms with E-state index in [-0.39, 0.29) is 30.8 Å². The van der Waals surface area contributed by atoms with Crippen LogP contribution in [0.5, 0.6) is 11.5 Å².